The summed E-state index contributed by atoms with van der Waals surface area (Å²) in [6.07, 6.45) is -4.79. The van der Waals surface area contributed by atoms with Crippen LogP contribution in [-0.4, -0.2) is 34.1 Å². The number of hydrogen-bond donors (Lipinski definition) is 3. The van der Waals surface area contributed by atoms with Crippen LogP contribution in [0.25, 0.3) is 11.3 Å². The predicted molar refractivity (Wildman–Crippen MR) is 123 cm³/mol. The zero-order valence-electron chi connectivity index (χ0n) is 18.9. The highest BCUT2D eigenvalue weighted by Gasteiger charge is 2.31. The molecular weight excluding hydrogens is 433 g/mol. The van der Waals surface area contributed by atoms with E-state index in [4.69, 9.17) is 0 Å². The number of aliphatic hydroxyl groups excluding tert-OH is 1. The van der Waals surface area contributed by atoms with Crippen molar-refractivity contribution in [3.8, 4) is 17.0 Å². The average Bonchev–Trinajstić information content (AvgIpc) is 2.73. The van der Waals surface area contributed by atoms with Crippen molar-refractivity contribution < 1.29 is 23.0 Å². The number of aromatic nitrogens is 2. The van der Waals surface area contributed by atoms with E-state index in [9.17, 15) is 18.3 Å². The Hall–Kier alpha value is -3.33. The first-order valence-corrected chi connectivity index (χ1v) is 10.5. The number of alkyl halides is 3. The summed E-state index contributed by atoms with van der Waals surface area (Å²) in [7, 11) is 0. The predicted octanol–water partition coefficient (Wildman–Crippen LogP) is 5.83. The van der Waals surface area contributed by atoms with E-state index >= 15 is 0 Å². The number of aryl methyl sites for hydroxylation is 2. The lowest BCUT2D eigenvalue weighted by atomic mass is 10.1. The van der Waals surface area contributed by atoms with E-state index in [1.165, 1.54) is 18.2 Å². The van der Waals surface area contributed by atoms with Crippen LogP contribution in [0.1, 0.15) is 25.0 Å². The molecule has 1 aromatic heterocycles. The number of halogens is 3. The zero-order valence-corrected chi connectivity index (χ0v) is 18.9. The van der Waals surface area contributed by atoms with Crippen molar-refractivity contribution in [2.45, 2.75) is 40.1 Å². The summed E-state index contributed by atoms with van der Waals surface area (Å²) in [5.74, 6) is 0.461. The highest BCUT2D eigenvalue weighted by atomic mass is 19.4. The van der Waals surface area contributed by atoms with Gasteiger partial charge in [-0.3, -0.25) is 0 Å². The third-order valence-corrected chi connectivity index (χ3v) is 5.06. The third-order valence-electron chi connectivity index (χ3n) is 5.06. The third kappa shape index (κ3) is 6.82. The SMILES string of the molecule is Cc1ccc(C)c(Nc2cc(-c3cccc(OC(F)(F)F)c3)nc(N[C@@H](CO)C(C)C)n2)c1. The molecule has 6 nitrogen and oxygen atoms in total. The Morgan fingerprint density at radius 1 is 1.03 bits per heavy atom. The number of anilines is 3. The summed E-state index contributed by atoms with van der Waals surface area (Å²) in [4.78, 5) is 9.00. The Labute approximate surface area is 190 Å². The Kier molecular flexibility index (Phi) is 7.43. The first-order valence-electron chi connectivity index (χ1n) is 10.5. The first-order chi connectivity index (χ1) is 15.5. The fourth-order valence-electron chi connectivity index (χ4n) is 3.17. The van der Waals surface area contributed by atoms with Gasteiger partial charge in [0, 0.05) is 17.3 Å². The highest BCUT2D eigenvalue weighted by molar-refractivity contribution is 5.69. The summed E-state index contributed by atoms with van der Waals surface area (Å²) in [6, 6.07) is 12.9. The molecule has 3 N–H and O–H groups in total. The maximum Gasteiger partial charge on any atom is 0.573 e. The number of benzene rings is 2. The molecule has 9 heteroatoms. The molecule has 3 aromatic rings. The van der Waals surface area contributed by atoms with Crippen LogP contribution in [0.5, 0.6) is 5.75 Å². The molecule has 0 unspecified atom stereocenters. The van der Waals surface area contributed by atoms with Crippen molar-refractivity contribution >= 4 is 17.5 Å². The van der Waals surface area contributed by atoms with E-state index in [1.54, 1.807) is 12.1 Å². The second-order valence-corrected chi connectivity index (χ2v) is 8.16. The first kappa shape index (κ1) is 24.3. The Morgan fingerprint density at radius 2 is 1.79 bits per heavy atom. The Morgan fingerprint density at radius 3 is 2.45 bits per heavy atom. The van der Waals surface area contributed by atoms with Crippen molar-refractivity contribution in [2.75, 3.05) is 17.2 Å². The zero-order chi connectivity index (χ0) is 24.2. The number of ether oxygens (including phenoxy) is 1. The molecule has 0 spiro atoms. The molecule has 1 atom stereocenters. The minimum Gasteiger partial charge on any atom is -0.406 e. The van der Waals surface area contributed by atoms with Gasteiger partial charge in [-0.1, -0.05) is 38.1 Å². The lowest BCUT2D eigenvalue weighted by molar-refractivity contribution is -0.274. The van der Waals surface area contributed by atoms with Gasteiger partial charge in [0.2, 0.25) is 5.95 Å². The fourth-order valence-corrected chi connectivity index (χ4v) is 3.17. The molecule has 2 aromatic carbocycles. The van der Waals surface area contributed by atoms with Crippen molar-refractivity contribution in [3.05, 3.63) is 59.7 Å². The van der Waals surface area contributed by atoms with Crippen LogP contribution >= 0.6 is 0 Å². The van der Waals surface area contributed by atoms with Crippen molar-refractivity contribution in [2.24, 2.45) is 5.92 Å². The van der Waals surface area contributed by atoms with Gasteiger partial charge in [-0.15, -0.1) is 13.2 Å². The average molecular weight is 461 g/mol. The molecule has 0 amide bonds. The number of rotatable bonds is 8. The van der Waals surface area contributed by atoms with Gasteiger partial charge in [0.05, 0.1) is 18.3 Å². The van der Waals surface area contributed by atoms with Crippen LogP contribution in [0.2, 0.25) is 0 Å². The van der Waals surface area contributed by atoms with Crippen LogP contribution in [-0.2, 0) is 0 Å². The topological polar surface area (TPSA) is 79.3 Å². The minimum atomic E-state index is -4.79. The number of nitrogens with one attached hydrogen (secondary N) is 2. The largest absolute Gasteiger partial charge is 0.573 e. The van der Waals surface area contributed by atoms with Gasteiger partial charge in [0.15, 0.2) is 0 Å². The number of aliphatic hydroxyl groups is 1. The molecular formula is C24H27F3N4O2. The van der Waals surface area contributed by atoms with Gasteiger partial charge in [-0.2, -0.15) is 4.98 Å². The van der Waals surface area contributed by atoms with Crippen molar-refractivity contribution in [1.82, 2.24) is 9.97 Å². The minimum absolute atomic E-state index is 0.0983. The van der Waals surface area contributed by atoms with E-state index < -0.39 is 6.36 Å². The van der Waals surface area contributed by atoms with Gasteiger partial charge in [0.25, 0.3) is 0 Å². The fraction of sp³-hybridized carbons (Fsp3) is 0.333. The maximum absolute atomic E-state index is 12.7. The highest BCUT2D eigenvalue weighted by Crippen LogP contribution is 2.30. The van der Waals surface area contributed by atoms with E-state index in [0.717, 1.165) is 16.8 Å². The lowest BCUT2D eigenvalue weighted by Gasteiger charge is -2.21. The Balaban J connectivity index is 2.03. The van der Waals surface area contributed by atoms with Gasteiger partial charge in [0.1, 0.15) is 11.6 Å². The standard InChI is InChI=1S/C24H27F3N4O2/c1-14(2)21(13-32)30-23-29-20(17-6-5-7-18(11-17)33-24(25,26)27)12-22(31-23)28-19-10-15(3)8-9-16(19)4/h5-12,14,21,32H,13H2,1-4H3,(H2,28,29,30,31)/t21-/m0/s1. The van der Waals surface area contributed by atoms with Crippen molar-refractivity contribution in [1.29, 1.82) is 0 Å². The molecule has 0 fully saturated rings. The van der Waals surface area contributed by atoms with Gasteiger partial charge < -0.3 is 20.5 Å². The van der Waals surface area contributed by atoms with E-state index in [-0.39, 0.29) is 30.3 Å². The Bertz CT molecular complexity index is 1100. The van der Waals surface area contributed by atoms with E-state index in [2.05, 4.69) is 25.3 Å². The molecule has 176 valence electrons. The normalized spacial score (nSPS) is 12.5. The van der Waals surface area contributed by atoms with Gasteiger partial charge in [-0.05, 0) is 49.1 Å². The summed E-state index contributed by atoms with van der Waals surface area (Å²) < 4.78 is 42.1. The summed E-state index contributed by atoms with van der Waals surface area (Å²) >= 11 is 0. The number of hydrogen-bond acceptors (Lipinski definition) is 6. The smallest absolute Gasteiger partial charge is 0.406 e. The molecule has 0 aliphatic rings. The van der Waals surface area contributed by atoms with E-state index in [1.807, 2.05) is 45.9 Å². The lowest BCUT2D eigenvalue weighted by Crippen LogP contribution is -2.30. The van der Waals surface area contributed by atoms with Crippen LogP contribution in [0.4, 0.5) is 30.6 Å². The second kappa shape index (κ2) is 10.1. The molecule has 0 saturated heterocycles. The molecule has 3 rings (SSSR count). The van der Waals surface area contributed by atoms with Crippen LogP contribution < -0.4 is 15.4 Å². The van der Waals surface area contributed by atoms with E-state index in [0.29, 0.717) is 17.1 Å². The molecule has 0 saturated carbocycles. The van der Waals surface area contributed by atoms with Crippen LogP contribution in [0, 0.1) is 19.8 Å². The molecule has 0 radical (unpaired) electrons. The number of nitrogens with zero attached hydrogens (tertiary/aromatic N) is 2. The molecule has 33 heavy (non-hydrogen) atoms. The van der Waals surface area contributed by atoms with Gasteiger partial charge in [-0.25, -0.2) is 4.98 Å². The van der Waals surface area contributed by atoms with Gasteiger partial charge >= 0.3 is 6.36 Å². The second-order valence-electron chi connectivity index (χ2n) is 8.16. The summed E-state index contributed by atoms with van der Waals surface area (Å²) in [6.45, 7) is 7.71. The molecule has 0 aliphatic heterocycles. The quantitative estimate of drug-likeness (QED) is 0.392. The molecule has 0 bridgehead atoms. The molecule has 0 aliphatic carbocycles. The van der Waals surface area contributed by atoms with Crippen molar-refractivity contribution in [3.63, 3.8) is 0 Å². The van der Waals surface area contributed by atoms with Crippen LogP contribution in [0.15, 0.2) is 48.5 Å². The maximum atomic E-state index is 12.7. The summed E-state index contributed by atoms with van der Waals surface area (Å²) in [5, 5.41) is 16.1. The molecule has 1 heterocycles. The monoisotopic (exact) mass is 460 g/mol. The summed E-state index contributed by atoms with van der Waals surface area (Å²) in [5.41, 5.74) is 3.74. The van der Waals surface area contributed by atoms with Crippen LogP contribution in [0.3, 0.4) is 0 Å².